The topological polar surface area (TPSA) is 67.9 Å². The van der Waals surface area contributed by atoms with E-state index in [0.717, 1.165) is 36.0 Å². The van der Waals surface area contributed by atoms with Crippen LogP contribution in [0.1, 0.15) is 49.3 Å². The second-order valence-electron chi connectivity index (χ2n) is 8.44. The van der Waals surface area contributed by atoms with E-state index in [1.807, 2.05) is 42.5 Å². The van der Waals surface area contributed by atoms with E-state index in [4.69, 9.17) is 9.47 Å². The van der Waals surface area contributed by atoms with Gasteiger partial charge in [-0.3, -0.25) is 0 Å². The zero-order chi connectivity index (χ0) is 23.5. The van der Waals surface area contributed by atoms with Gasteiger partial charge < -0.3 is 19.7 Å². The maximum atomic E-state index is 12.6. The van der Waals surface area contributed by atoms with E-state index in [1.54, 1.807) is 4.90 Å². The van der Waals surface area contributed by atoms with Crippen LogP contribution in [-0.4, -0.2) is 36.2 Å². The van der Waals surface area contributed by atoms with Crippen LogP contribution in [0.2, 0.25) is 0 Å². The number of alkyl carbamates (subject to hydrolysis) is 1. The van der Waals surface area contributed by atoms with Crippen LogP contribution in [0.4, 0.5) is 9.59 Å². The third kappa shape index (κ3) is 7.97. The van der Waals surface area contributed by atoms with Gasteiger partial charge in [0, 0.05) is 13.1 Å². The van der Waals surface area contributed by atoms with Gasteiger partial charge in [0.05, 0.1) is 6.04 Å². The summed E-state index contributed by atoms with van der Waals surface area (Å²) in [4.78, 5) is 26.7. The molecule has 1 heterocycles. The van der Waals surface area contributed by atoms with Crippen LogP contribution in [0.3, 0.4) is 0 Å². The molecular weight excluding hydrogens is 416 g/mol. The Morgan fingerprint density at radius 3 is 2.39 bits per heavy atom. The van der Waals surface area contributed by atoms with Crippen LogP contribution < -0.4 is 5.32 Å². The van der Waals surface area contributed by atoms with Crippen molar-refractivity contribution in [3.05, 3.63) is 83.4 Å². The number of hydrogen-bond acceptors (Lipinski definition) is 4. The van der Waals surface area contributed by atoms with Crippen molar-refractivity contribution in [1.29, 1.82) is 0 Å². The quantitative estimate of drug-likeness (QED) is 0.531. The second kappa shape index (κ2) is 12.7. The zero-order valence-corrected chi connectivity index (χ0v) is 19.4. The Bertz CT molecular complexity index is 911. The molecule has 2 aromatic carbocycles. The molecule has 1 N–H and O–H groups in total. The summed E-state index contributed by atoms with van der Waals surface area (Å²) in [6, 6.07) is 17.3. The molecule has 6 heteroatoms. The molecule has 0 bridgehead atoms. The lowest BCUT2D eigenvalue weighted by molar-refractivity contribution is 0.0936. The molecule has 176 valence electrons. The Kier molecular flexibility index (Phi) is 9.36. The van der Waals surface area contributed by atoms with Crippen LogP contribution >= 0.6 is 0 Å². The summed E-state index contributed by atoms with van der Waals surface area (Å²) in [5.41, 5.74) is 4.04. The maximum Gasteiger partial charge on any atom is 0.410 e. The summed E-state index contributed by atoms with van der Waals surface area (Å²) in [5, 5.41) is 2.87. The first-order valence-electron chi connectivity index (χ1n) is 11.7. The Labute approximate surface area is 196 Å². The smallest absolute Gasteiger partial charge is 0.410 e. The first-order chi connectivity index (χ1) is 16.0. The molecular formula is C27H34N2O4. The Morgan fingerprint density at radius 2 is 1.67 bits per heavy atom. The molecule has 0 saturated carbocycles. The fourth-order valence-corrected chi connectivity index (χ4v) is 3.75. The highest BCUT2D eigenvalue weighted by Crippen LogP contribution is 2.17. The van der Waals surface area contributed by atoms with Gasteiger partial charge in [0.25, 0.3) is 0 Å². The molecule has 0 unspecified atom stereocenters. The minimum Gasteiger partial charge on any atom is -0.445 e. The lowest BCUT2D eigenvalue weighted by Gasteiger charge is -2.25. The third-order valence-electron chi connectivity index (χ3n) is 5.79. The number of nitrogens with one attached hydrogen (secondary N) is 1. The average molecular weight is 451 g/mol. The van der Waals surface area contributed by atoms with Gasteiger partial charge in [-0.2, -0.15) is 0 Å². The predicted molar refractivity (Wildman–Crippen MR) is 129 cm³/mol. The van der Waals surface area contributed by atoms with Gasteiger partial charge in [0.2, 0.25) is 0 Å². The Balaban J connectivity index is 1.48. The fourth-order valence-electron chi connectivity index (χ4n) is 3.75. The minimum absolute atomic E-state index is 0.196. The number of carbonyl (C=O) groups excluding carboxylic acids is 2. The summed E-state index contributed by atoms with van der Waals surface area (Å²) in [5.74, 6) is 0. The fraction of sp³-hybridized carbons (Fsp3) is 0.407. The summed E-state index contributed by atoms with van der Waals surface area (Å²) < 4.78 is 10.9. The van der Waals surface area contributed by atoms with Gasteiger partial charge in [-0.25, -0.2) is 9.59 Å². The molecule has 33 heavy (non-hydrogen) atoms. The van der Waals surface area contributed by atoms with E-state index < -0.39 is 12.2 Å². The highest BCUT2D eigenvalue weighted by Gasteiger charge is 2.26. The predicted octanol–water partition coefficient (Wildman–Crippen LogP) is 5.61. The van der Waals surface area contributed by atoms with Crippen molar-refractivity contribution in [1.82, 2.24) is 10.2 Å². The molecule has 1 aliphatic rings. The van der Waals surface area contributed by atoms with Crippen molar-refractivity contribution < 1.29 is 19.1 Å². The zero-order valence-electron chi connectivity index (χ0n) is 19.4. The molecule has 1 saturated heterocycles. The number of unbranched alkanes of at least 4 members (excludes halogenated alkanes) is 1. The number of hydrogen-bond donors (Lipinski definition) is 1. The van der Waals surface area contributed by atoms with Crippen LogP contribution in [-0.2, 0) is 29.1 Å². The van der Waals surface area contributed by atoms with E-state index in [9.17, 15) is 9.59 Å². The first-order valence-corrected chi connectivity index (χ1v) is 11.7. The molecule has 6 nitrogen and oxygen atoms in total. The van der Waals surface area contributed by atoms with Crippen LogP contribution in [0.5, 0.6) is 0 Å². The van der Waals surface area contributed by atoms with Crippen molar-refractivity contribution >= 4 is 12.2 Å². The number of amides is 2. The molecule has 1 atom stereocenters. The summed E-state index contributed by atoms with van der Waals surface area (Å²) in [6.45, 7) is 7.56. The van der Waals surface area contributed by atoms with Crippen molar-refractivity contribution in [2.24, 2.45) is 0 Å². The number of rotatable bonds is 8. The van der Waals surface area contributed by atoms with Gasteiger partial charge in [-0.15, -0.1) is 0 Å². The van der Waals surface area contributed by atoms with E-state index in [0.29, 0.717) is 13.1 Å². The van der Waals surface area contributed by atoms with Crippen molar-refractivity contribution in [3.63, 3.8) is 0 Å². The van der Waals surface area contributed by atoms with Crippen molar-refractivity contribution in [3.8, 4) is 0 Å². The van der Waals surface area contributed by atoms with Crippen LogP contribution in [0, 0.1) is 0 Å². The van der Waals surface area contributed by atoms with Crippen LogP contribution in [0.25, 0.3) is 0 Å². The highest BCUT2D eigenvalue weighted by atomic mass is 16.6. The molecule has 2 amide bonds. The molecule has 1 fully saturated rings. The minimum atomic E-state index is -0.518. The largest absolute Gasteiger partial charge is 0.445 e. The number of benzene rings is 2. The number of ether oxygens (including phenoxy) is 2. The Hall–Kier alpha value is -3.28. The summed E-state index contributed by atoms with van der Waals surface area (Å²) in [7, 11) is 0. The normalized spacial score (nSPS) is 16.1. The van der Waals surface area contributed by atoms with Gasteiger partial charge in [-0.05, 0) is 42.4 Å². The van der Waals surface area contributed by atoms with Crippen LogP contribution in [0.15, 0.2) is 66.7 Å². The standard InChI is InChI=1S/C27H34N2O4/c1-3-4-10-22-13-15-24(16-14-22)19-32-26(30)28-25-18-29(17-8-9-21(25)2)27(31)33-20-23-11-6-5-7-12-23/h5-7,11-16,25H,2-4,8-10,17-20H2,1H3,(H,28,30)/t25-/m1/s1. The first kappa shape index (κ1) is 24.4. The lowest BCUT2D eigenvalue weighted by Crippen LogP contribution is -2.45. The molecule has 3 rings (SSSR count). The molecule has 0 radical (unpaired) electrons. The van der Waals surface area contributed by atoms with Crippen molar-refractivity contribution in [2.75, 3.05) is 13.1 Å². The van der Waals surface area contributed by atoms with E-state index in [2.05, 4.69) is 31.0 Å². The summed E-state index contributed by atoms with van der Waals surface area (Å²) >= 11 is 0. The molecule has 2 aromatic rings. The van der Waals surface area contributed by atoms with E-state index in [-0.39, 0.29) is 19.3 Å². The SMILES string of the molecule is C=C1CCCN(C(=O)OCc2ccccc2)C[C@H]1NC(=O)OCc1ccc(CCCC)cc1. The third-order valence-corrected chi connectivity index (χ3v) is 5.79. The summed E-state index contributed by atoms with van der Waals surface area (Å²) in [6.07, 6.45) is 3.99. The Morgan fingerprint density at radius 1 is 1.00 bits per heavy atom. The molecule has 0 spiro atoms. The van der Waals surface area contributed by atoms with Gasteiger partial charge in [0.15, 0.2) is 0 Å². The second-order valence-corrected chi connectivity index (χ2v) is 8.44. The molecule has 0 aliphatic carbocycles. The van der Waals surface area contributed by atoms with Gasteiger partial charge in [0.1, 0.15) is 13.2 Å². The molecule has 0 aromatic heterocycles. The number of aryl methyl sites for hydroxylation is 1. The number of nitrogens with zero attached hydrogens (tertiary/aromatic N) is 1. The lowest BCUT2D eigenvalue weighted by atomic mass is 10.1. The monoisotopic (exact) mass is 450 g/mol. The molecule has 1 aliphatic heterocycles. The average Bonchev–Trinajstić information content (AvgIpc) is 3.02. The van der Waals surface area contributed by atoms with Gasteiger partial charge in [-0.1, -0.05) is 80.1 Å². The number of carbonyl (C=O) groups is 2. The highest BCUT2D eigenvalue weighted by molar-refractivity contribution is 5.70. The van der Waals surface area contributed by atoms with Crippen molar-refractivity contribution in [2.45, 2.75) is 58.3 Å². The van der Waals surface area contributed by atoms with Gasteiger partial charge >= 0.3 is 12.2 Å². The van der Waals surface area contributed by atoms with E-state index in [1.165, 1.54) is 18.4 Å². The van der Waals surface area contributed by atoms with E-state index >= 15 is 0 Å². The number of likely N-dealkylation sites (tertiary alicyclic amines) is 1. The maximum absolute atomic E-state index is 12.6.